The number of aromatic hydroxyl groups is 1. The van der Waals surface area contributed by atoms with Crippen LogP contribution in [0.1, 0.15) is 22.7 Å². The Balaban J connectivity index is 2.27. The average Bonchev–Trinajstić information content (AvgIpc) is 2.49. The van der Waals surface area contributed by atoms with Gasteiger partial charge in [0.15, 0.2) is 0 Å². The lowest BCUT2D eigenvalue weighted by molar-refractivity contribution is 0.462. The van der Waals surface area contributed by atoms with Crippen LogP contribution in [0.5, 0.6) is 5.75 Å². The third kappa shape index (κ3) is 2.04. The molecule has 2 nitrogen and oxygen atoms in total. The molecule has 0 fully saturated rings. The Bertz CT molecular complexity index is 750. The molecule has 0 saturated carbocycles. The number of rotatable bonds is 2. The van der Waals surface area contributed by atoms with Crippen LogP contribution in [0.25, 0.3) is 10.8 Å². The second kappa shape index (κ2) is 4.99. The number of benzene rings is 3. The monoisotopic (exact) mass is 263 g/mol. The van der Waals surface area contributed by atoms with Crippen molar-refractivity contribution in [3.63, 3.8) is 0 Å². The van der Waals surface area contributed by atoms with E-state index >= 15 is 0 Å². The average molecular weight is 263 g/mol. The van der Waals surface area contributed by atoms with Crippen molar-refractivity contribution in [2.24, 2.45) is 5.73 Å². The minimum absolute atomic E-state index is 0.292. The molecule has 0 amide bonds. The number of nitrogens with two attached hydrogens (primary N) is 1. The lowest BCUT2D eigenvalue weighted by Gasteiger charge is -2.18. The van der Waals surface area contributed by atoms with Gasteiger partial charge in [-0.15, -0.1) is 0 Å². The first-order valence-electron chi connectivity index (χ1n) is 6.70. The first kappa shape index (κ1) is 12.7. The van der Waals surface area contributed by atoms with Gasteiger partial charge in [0.25, 0.3) is 0 Å². The van der Waals surface area contributed by atoms with Crippen LogP contribution in [-0.4, -0.2) is 5.11 Å². The predicted molar refractivity (Wildman–Crippen MR) is 82.8 cm³/mol. The highest BCUT2D eigenvalue weighted by Crippen LogP contribution is 2.36. The Morgan fingerprint density at radius 3 is 2.35 bits per heavy atom. The zero-order valence-corrected chi connectivity index (χ0v) is 11.4. The molecule has 3 rings (SSSR count). The summed E-state index contributed by atoms with van der Waals surface area (Å²) in [5, 5.41) is 12.6. The van der Waals surface area contributed by atoms with E-state index in [-0.39, 0.29) is 6.04 Å². The number of phenolic OH excluding ortho intramolecular Hbond substituents is 1. The van der Waals surface area contributed by atoms with Crippen molar-refractivity contribution < 1.29 is 5.11 Å². The van der Waals surface area contributed by atoms with Gasteiger partial charge in [0.1, 0.15) is 5.75 Å². The maximum absolute atomic E-state index is 10.4. The summed E-state index contributed by atoms with van der Waals surface area (Å²) >= 11 is 0. The molecule has 20 heavy (non-hydrogen) atoms. The quantitative estimate of drug-likeness (QED) is 0.736. The van der Waals surface area contributed by atoms with Crippen LogP contribution in [-0.2, 0) is 0 Å². The standard InChI is InChI=1S/C18H17NO/c1-12-11-14-9-5-6-10-15(14)16(18(12)20)17(19)13-7-3-2-4-8-13/h2-11,17,20H,19H2,1H3. The van der Waals surface area contributed by atoms with Crippen molar-refractivity contribution in [2.75, 3.05) is 0 Å². The SMILES string of the molecule is Cc1cc2ccccc2c(C(N)c2ccccc2)c1O. The van der Waals surface area contributed by atoms with Gasteiger partial charge >= 0.3 is 0 Å². The fourth-order valence-electron chi connectivity index (χ4n) is 2.65. The summed E-state index contributed by atoms with van der Waals surface area (Å²) < 4.78 is 0. The summed E-state index contributed by atoms with van der Waals surface area (Å²) in [6.07, 6.45) is 0. The molecular formula is C18H17NO. The molecule has 0 radical (unpaired) electrons. The van der Waals surface area contributed by atoms with E-state index in [2.05, 4.69) is 0 Å². The molecule has 3 N–H and O–H groups in total. The Hall–Kier alpha value is -2.32. The smallest absolute Gasteiger partial charge is 0.124 e. The third-order valence-corrected chi connectivity index (χ3v) is 3.72. The molecule has 0 spiro atoms. The molecular weight excluding hydrogens is 246 g/mol. The zero-order valence-electron chi connectivity index (χ0n) is 11.4. The second-order valence-electron chi connectivity index (χ2n) is 5.07. The summed E-state index contributed by atoms with van der Waals surface area (Å²) in [4.78, 5) is 0. The van der Waals surface area contributed by atoms with E-state index in [0.29, 0.717) is 5.75 Å². The van der Waals surface area contributed by atoms with Gasteiger partial charge in [0.05, 0.1) is 6.04 Å². The van der Waals surface area contributed by atoms with E-state index in [9.17, 15) is 5.11 Å². The summed E-state index contributed by atoms with van der Waals surface area (Å²) in [6.45, 7) is 1.91. The molecule has 3 aromatic rings. The van der Waals surface area contributed by atoms with E-state index in [1.807, 2.05) is 67.6 Å². The lowest BCUT2D eigenvalue weighted by atomic mass is 9.91. The molecule has 0 aliphatic rings. The minimum atomic E-state index is -0.332. The van der Waals surface area contributed by atoms with Gasteiger partial charge in [-0.2, -0.15) is 0 Å². The first-order chi connectivity index (χ1) is 9.68. The molecule has 1 unspecified atom stereocenters. The van der Waals surface area contributed by atoms with Crippen LogP contribution in [0.4, 0.5) is 0 Å². The van der Waals surface area contributed by atoms with E-state index in [1.54, 1.807) is 0 Å². The molecule has 0 bridgehead atoms. The molecule has 2 heteroatoms. The van der Waals surface area contributed by atoms with Crippen LogP contribution in [0.3, 0.4) is 0 Å². The van der Waals surface area contributed by atoms with E-state index in [0.717, 1.165) is 27.5 Å². The van der Waals surface area contributed by atoms with Gasteiger partial charge in [-0.25, -0.2) is 0 Å². The number of hydrogen-bond donors (Lipinski definition) is 2. The number of hydrogen-bond acceptors (Lipinski definition) is 2. The van der Waals surface area contributed by atoms with Gasteiger partial charge in [-0.05, 0) is 34.9 Å². The Morgan fingerprint density at radius 2 is 1.60 bits per heavy atom. The molecule has 100 valence electrons. The largest absolute Gasteiger partial charge is 0.507 e. The molecule has 0 aliphatic heterocycles. The lowest BCUT2D eigenvalue weighted by Crippen LogP contribution is -2.13. The summed E-state index contributed by atoms with van der Waals surface area (Å²) in [5.41, 5.74) is 9.04. The van der Waals surface area contributed by atoms with Gasteiger partial charge in [-0.1, -0.05) is 54.6 Å². The fraction of sp³-hybridized carbons (Fsp3) is 0.111. The maximum atomic E-state index is 10.4. The van der Waals surface area contributed by atoms with Crippen LogP contribution in [0, 0.1) is 6.92 Å². The van der Waals surface area contributed by atoms with Gasteiger partial charge < -0.3 is 10.8 Å². The Kier molecular flexibility index (Phi) is 3.17. The number of phenols is 1. The number of aryl methyl sites for hydroxylation is 1. The Morgan fingerprint density at radius 1 is 0.950 bits per heavy atom. The van der Waals surface area contributed by atoms with Crippen molar-refractivity contribution >= 4 is 10.8 Å². The Labute approximate surface area is 118 Å². The van der Waals surface area contributed by atoms with Gasteiger partial charge in [-0.3, -0.25) is 0 Å². The van der Waals surface area contributed by atoms with Crippen LogP contribution >= 0.6 is 0 Å². The van der Waals surface area contributed by atoms with Crippen molar-refractivity contribution in [3.05, 3.63) is 77.4 Å². The zero-order chi connectivity index (χ0) is 14.1. The summed E-state index contributed by atoms with van der Waals surface area (Å²) in [5.74, 6) is 0.292. The highest BCUT2D eigenvalue weighted by Gasteiger charge is 2.18. The topological polar surface area (TPSA) is 46.2 Å². The van der Waals surface area contributed by atoms with Crippen LogP contribution < -0.4 is 5.73 Å². The second-order valence-corrected chi connectivity index (χ2v) is 5.07. The number of fused-ring (bicyclic) bond motifs is 1. The predicted octanol–water partition coefficient (Wildman–Crippen LogP) is 3.90. The maximum Gasteiger partial charge on any atom is 0.124 e. The summed E-state index contributed by atoms with van der Waals surface area (Å²) in [7, 11) is 0. The molecule has 3 aromatic carbocycles. The fourth-order valence-corrected chi connectivity index (χ4v) is 2.65. The minimum Gasteiger partial charge on any atom is -0.507 e. The molecule has 1 atom stereocenters. The normalized spacial score (nSPS) is 12.5. The van der Waals surface area contributed by atoms with E-state index < -0.39 is 0 Å². The summed E-state index contributed by atoms with van der Waals surface area (Å²) in [6, 6.07) is 19.5. The highest BCUT2D eigenvalue weighted by atomic mass is 16.3. The van der Waals surface area contributed by atoms with Crippen LogP contribution in [0.15, 0.2) is 60.7 Å². The molecule has 0 heterocycles. The van der Waals surface area contributed by atoms with Crippen molar-refractivity contribution in [1.82, 2.24) is 0 Å². The third-order valence-electron chi connectivity index (χ3n) is 3.72. The van der Waals surface area contributed by atoms with E-state index in [4.69, 9.17) is 5.73 Å². The van der Waals surface area contributed by atoms with Crippen molar-refractivity contribution in [1.29, 1.82) is 0 Å². The van der Waals surface area contributed by atoms with Crippen molar-refractivity contribution in [2.45, 2.75) is 13.0 Å². The molecule has 0 aliphatic carbocycles. The van der Waals surface area contributed by atoms with Gasteiger partial charge in [0.2, 0.25) is 0 Å². The van der Waals surface area contributed by atoms with E-state index in [1.165, 1.54) is 0 Å². The van der Waals surface area contributed by atoms with Crippen LogP contribution in [0.2, 0.25) is 0 Å². The van der Waals surface area contributed by atoms with Gasteiger partial charge in [0, 0.05) is 5.56 Å². The first-order valence-corrected chi connectivity index (χ1v) is 6.70. The highest BCUT2D eigenvalue weighted by molar-refractivity contribution is 5.89. The molecule has 0 aromatic heterocycles. The van der Waals surface area contributed by atoms with Crippen molar-refractivity contribution in [3.8, 4) is 5.75 Å². The molecule has 0 saturated heterocycles.